The number of ether oxygens (including phenoxy) is 1. The Morgan fingerprint density at radius 2 is 2.45 bits per heavy atom. The van der Waals surface area contributed by atoms with Gasteiger partial charge < -0.3 is 10.1 Å². The van der Waals surface area contributed by atoms with E-state index in [1.807, 2.05) is 0 Å². The molecule has 1 saturated heterocycles. The Kier molecular flexibility index (Phi) is 2.46. The average Bonchev–Trinajstić information content (AvgIpc) is 2.03. The maximum atomic E-state index is 10.9. The number of carbonyl (C=O) groups is 2. The predicted octanol–water partition coefficient (Wildman–Crippen LogP) is -0.172. The van der Waals surface area contributed by atoms with E-state index in [1.165, 1.54) is 7.11 Å². The van der Waals surface area contributed by atoms with Gasteiger partial charge in [0.25, 0.3) is 0 Å². The molecule has 0 unspecified atom stereocenters. The van der Waals surface area contributed by atoms with E-state index >= 15 is 0 Å². The molecule has 0 aromatic carbocycles. The minimum atomic E-state index is -0.416. The highest BCUT2D eigenvalue weighted by molar-refractivity contribution is 5.85. The first-order chi connectivity index (χ1) is 5.24. The largest absolute Gasteiger partial charge is 0.467 e. The number of carbonyl (C=O) groups excluding carboxylic acids is 2. The molecule has 0 spiro atoms. The number of methoxy groups -OCH3 is 1. The molecular formula is C7H11NO3. The van der Waals surface area contributed by atoms with Crippen LogP contribution in [-0.2, 0) is 14.3 Å². The van der Waals surface area contributed by atoms with Crippen molar-refractivity contribution in [1.82, 2.24) is 5.32 Å². The molecule has 1 heterocycles. The highest BCUT2D eigenvalue weighted by Gasteiger charge is 2.24. The van der Waals surface area contributed by atoms with Crippen molar-refractivity contribution in [2.24, 2.45) is 0 Å². The number of hydrogen-bond donors (Lipinski definition) is 1. The summed E-state index contributed by atoms with van der Waals surface area (Å²) in [4.78, 5) is 21.7. The zero-order valence-corrected chi connectivity index (χ0v) is 6.42. The van der Waals surface area contributed by atoms with Gasteiger partial charge in [0.05, 0.1) is 7.11 Å². The van der Waals surface area contributed by atoms with Crippen molar-refractivity contribution in [1.29, 1.82) is 0 Å². The van der Waals surface area contributed by atoms with Gasteiger partial charge in [-0.15, -0.1) is 0 Å². The molecule has 62 valence electrons. The molecule has 0 aromatic heterocycles. The van der Waals surface area contributed by atoms with Gasteiger partial charge in [-0.05, 0) is 12.8 Å². The van der Waals surface area contributed by atoms with Gasteiger partial charge in [0.2, 0.25) is 5.91 Å². The van der Waals surface area contributed by atoms with Gasteiger partial charge >= 0.3 is 5.97 Å². The van der Waals surface area contributed by atoms with Crippen molar-refractivity contribution in [3.63, 3.8) is 0 Å². The second-order valence-electron chi connectivity index (χ2n) is 2.54. The average molecular weight is 157 g/mol. The molecule has 1 amide bonds. The Bertz CT molecular complexity index is 179. The summed E-state index contributed by atoms with van der Waals surface area (Å²) in [5, 5.41) is 2.55. The first kappa shape index (κ1) is 8.04. The lowest BCUT2D eigenvalue weighted by atomic mass is 10.1. The van der Waals surface area contributed by atoms with Crippen LogP contribution in [0.3, 0.4) is 0 Å². The van der Waals surface area contributed by atoms with E-state index in [0.29, 0.717) is 12.8 Å². The van der Waals surface area contributed by atoms with Gasteiger partial charge in [0.15, 0.2) is 0 Å². The van der Waals surface area contributed by atoms with E-state index in [1.54, 1.807) is 0 Å². The van der Waals surface area contributed by atoms with Crippen LogP contribution in [0.4, 0.5) is 0 Å². The molecular weight excluding hydrogens is 146 g/mol. The maximum absolute atomic E-state index is 10.9. The summed E-state index contributed by atoms with van der Waals surface area (Å²) in [7, 11) is 1.32. The topological polar surface area (TPSA) is 55.4 Å². The number of esters is 1. The third-order valence-electron chi connectivity index (χ3n) is 1.72. The fraction of sp³-hybridized carbons (Fsp3) is 0.714. The van der Waals surface area contributed by atoms with E-state index in [0.717, 1.165) is 6.42 Å². The summed E-state index contributed by atoms with van der Waals surface area (Å²) >= 11 is 0. The molecule has 1 fully saturated rings. The van der Waals surface area contributed by atoms with Crippen LogP contribution in [0.2, 0.25) is 0 Å². The summed E-state index contributed by atoms with van der Waals surface area (Å²) in [6, 6.07) is -0.416. The molecule has 0 radical (unpaired) electrons. The monoisotopic (exact) mass is 157 g/mol. The van der Waals surface area contributed by atoms with Crippen LogP contribution in [0.1, 0.15) is 19.3 Å². The Morgan fingerprint density at radius 1 is 1.73 bits per heavy atom. The number of rotatable bonds is 1. The fourth-order valence-corrected chi connectivity index (χ4v) is 1.12. The normalized spacial score (nSPS) is 24.1. The Labute approximate surface area is 64.9 Å². The van der Waals surface area contributed by atoms with Crippen molar-refractivity contribution in [3.05, 3.63) is 0 Å². The molecule has 0 aliphatic carbocycles. The van der Waals surface area contributed by atoms with Gasteiger partial charge in [0.1, 0.15) is 6.04 Å². The zero-order valence-electron chi connectivity index (χ0n) is 6.42. The summed E-state index contributed by atoms with van der Waals surface area (Å²) < 4.78 is 4.48. The Morgan fingerprint density at radius 3 is 3.00 bits per heavy atom. The number of piperidine rings is 1. The summed E-state index contributed by atoms with van der Waals surface area (Å²) in [5.74, 6) is -0.412. The van der Waals surface area contributed by atoms with Gasteiger partial charge in [0, 0.05) is 6.42 Å². The summed E-state index contributed by atoms with van der Waals surface area (Å²) in [5.41, 5.74) is 0. The molecule has 0 bridgehead atoms. The third kappa shape index (κ3) is 1.93. The van der Waals surface area contributed by atoms with Crippen molar-refractivity contribution in [2.45, 2.75) is 25.3 Å². The maximum Gasteiger partial charge on any atom is 0.328 e. The summed E-state index contributed by atoms with van der Waals surface area (Å²) in [6.45, 7) is 0. The van der Waals surface area contributed by atoms with E-state index in [-0.39, 0.29) is 11.9 Å². The lowest BCUT2D eigenvalue weighted by Gasteiger charge is -2.20. The van der Waals surface area contributed by atoms with Crippen molar-refractivity contribution in [2.75, 3.05) is 7.11 Å². The van der Waals surface area contributed by atoms with Crippen LogP contribution in [0.5, 0.6) is 0 Å². The molecule has 4 nitrogen and oxygen atoms in total. The standard InChI is InChI=1S/C7H11NO3/c1-11-7(10)5-3-2-4-6(9)8-5/h5H,2-4H2,1H3,(H,8,9)/t5-/m0/s1. The molecule has 11 heavy (non-hydrogen) atoms. The van der Waals surface area contributed by atoms with Crippen LogP contribution in [-0.4, -0.2) is 25.0 Å². The number of nitrogens with one attached hydrogen (secondary N) is 1. The number of hydrogen-bond acceptors (Lipinski definition) is 3. The first-order valence-corrected chi connectivity index (χ1v) is 3.61. The van der Waals surface area contributed by atoms with Crippen LogP contribution in [0, 0.1) is 0 Å². The SMILES string of the molecule is COC(=O)[C@@H]1CCCC(=O)N1. The molecule has 1 aliphatic rings. The van der Waals surface area contributed by atoms with Gasteiger partial charge in [-0.1, -0.05) is 0 Å². The summed E-state index contributed by atoms with van der Waals surface area (Å²) in [6.07, 6.45) is 1.98. The molecule has 1 rings (SSSR count). The minimum absolute atomic E-state index is 0.0633. The second-order valence-corrected chi connectivity index (χ2v) is 2.54. The fourth-order valence-electron chi connectivity index (χ4n) is 1.12. The molecule has 1 atom stereocenters. The number of amides is 1. The zero-order chi connectivity index (χ0) is 8.27. The highest BCUT2D eigenvalue weighted by Crippen LogP contribution is 2.08. The minimum Gasteiger partial charge on any atom is -0.467 e. The quantitative estimate of drug-likeness (QED) is 0.537. The van der Waals surface area contributed by atoms with E-state index < -0.39 is 6.04 Å². The molecule has 0 aromatic rings. The van der Waals surface area contributed by atoms with E-state index in [4.69, 9.17) is 0 Å². The van der Waals surface area contributed by atoms with Crippen LogP contribution in [0.25, 0.3) is 0 Å². The Balaban J connectivity index is 2.45. The second kappa shape index (κ2) is 3.37. The predicted molar refractivity (Wildman–Crippen MR) is 37.8 cm³/mol. The van der Waals surface area contributed by atoms with E-state index in [2.05, 4.69) is 10.1 Å². The van der Waals surface area contributed by atoms with Gasteiger partial charge in [-0.2, -0.15) is 0 Å². The third-order valence-corrected chi connectivity index (χ3v) is 1.72. The molecule has 0 saturated carbocycles. The van der Waals surface area contributed by atoms with E-state index in [9.17, 15) is 9.59 Å². The smallest absolute Gasteiger partial charge is 0.328 e. The molecule has 1 aliphatic heterocycles. The van der Waals surface area contributed by atoms with Crippen LogP contribution < -0.4 is 5.32 Å². The van der Waals surface area contributed by atoms with Crippen LogP contribution >= 0.6 is 0 Å². The van der Waals surface area contributed by atoms with Gasteiger partial charge in [-0.3, -0.25) is 4.79 Å². The van der Waals surface area contributed by atoms with Crippen molar-refractivity contribution in [3.8, 4) is 0 Å². The van der Waals surface area contributed by atoms with Crippen molar-refractivity contribution >= 4 is 11.9 Å². The van der Waals surface area contributed by atoms with Gasteiger partial charge in [-0.25, -0.2) is 4.79 Å². The van der Waals surface area contributed by atoms with Crippen LogP contribution in [0.15, 0.2) is 0 Å². The molecule has 4 heteroatoms. The van der Waals surface area contributed by atoms with Crippen molar-refractivity contribution < 1.29 is 14.3 Å². The first-order valence-electron chi connectivity index (χ1n) is 3.61. The highest BCUT2D eigenvalue weighted by atomic mass is 16.5. The Hall–Kier alpha value is -1.06. The lowest BCUT2D eigenvalue weighted by molar-refractivity contribution is -0.146. The molecule has 1 N–H and O–H groups in total. The lowest BCUT2D eigenvalue weighted by Crippen LogP contribution is -2.44.